The number of hydrogen-bond donors (Lipinski definition) is 4. The number of nitrogens with zero attached hydrogens (tertiary/aromatic N) is 6. The van der Waals surface area contributed by atoms with Crippen molar-refractivity contribution in [2.45, 2.75) is 0 Å². The van der Waals surface area contributed by atoms with Crippen molar-refractivity contribution in [1.29, 1.82) is 0 Å². The fraction of sp³-hybridized carbons (Fsp3) is 0. The molecule has 0 aliphatic heterocycles. The minimum absolute atomic E-state index is 0. The molecule has 0 unspecified atom stereocenters. The molecule has 0 saturated carbocycles. The Hall–Kier alpha value is -3.04. The van der Waals surface area contributed by atoms with Crippen LogP contribution >= 0.6 is 24.4 Å². The fourth-order valence-corrected chi connectivity index (χ4v) is 0.861. The number of nitrogens with one attached hydrogen (secondary N) is 4. The van der Waals surface area contributed by atoms with Gasteiger partial charge in [0.1, 0.15) is 0 Å². The van der Waals surface area contributed by atoms with Crippen molar-refractivity contribution in [2.24, 2.45) is 0 Å². The third kappa shape index (κ3) is 35.1. The quantitative estimate of drug-likeness (QED) is 0.186. The van der Waals surface area contributed by atoms with Crippen LogP contribution in [0.4, 0.5) is 0 Å². The SMILES string of the molecule is [Mn+2].[N-]=C=S.[N-]=C=S.c1cn[nH]c1.c1cn[nH]c1.c1cn[nH]c1.c1cn[nH]c1. The standard InChI is InChI=1S/4C3H4N2.2CNS.Mn/c4*1-2-4-5-3-1;2*2-1-3;/h4*1-3H,(H,4,5);;;/q;;;;2*-1;+2. The molecule has 10 nitrogen and oxygen atoms in total. The van der Waals surface area contributed by atoms with Gasteiger partial charge in [-0.25, -0.2) is 0 Å². The van der Waals surface area contributed by atoms with Crippen molar-refractivity contribution in [2.75, 3.05) is 0 Å². The van der Waals surface area contributed by atoms with Gasteiger partial charge in [0.05, 0.1) is 0 Å². The van der Waals surface area contributed by atoms with E-state index in [1.54, 1.807) is 49.6 Å². The number of hydrogen-bond acceptors (Lipinski definition) is 6. The molecule has 0 aliphatic carbocycles. The summed E-state index contributed by atoms with van der Waals surface area (Å²) in [5.41, 5.74) is 0. The molecular formula is C14H16MnN10S2. The Morgan fingerprint density at radius 3 is 0.778 bits per heavy atom. The third-order valence-electron chi connectivity index (χ3n) is 1.62. The van der Waals surface area contributed by atoms with E-state index in [1.165, 1.54) is 10.3 Å². The molecule has 4 aromatic heterocycles. The zero-order valence-electron chi connectivity index (χ0n) is 13.8. The number of thiocarbonyl (C=S) groups is 2. The first-order chi connectivity index (χ1) is 12.8. The summed E-state index contributed by atoms with van der Waals surface area (Å²) in [4.78, 5) is 0. The van der Waals surface area contributed by atoms with Crippen molar-refractivity contribution in [3.63, 3.8) is 0 Å². The first kappa shape index (κ1) is 28.8. The monoisotopic (exact) mass is 443 g/mol. The zero-order valence-corrected chi connectivity index (χ0v) is 16.6. The van der Waals surface area contributed by atoms with E-state index in [4.69, 9.17) is 10.8 Å². The van der Waals surface area contributed by atoms with Crippen molar-refractivity contribution < 1.29 is 17.1 Å². The summed E-state index contributed by atoms with van der Waals surface area (Å²) in [7, 11) is 0. The van der Waals surface area contributed by atoms with E-state index < -0.39 is 0 Å². The molecule has 141 valence electrons. The molecule has 0 spiro atoms. The maximum atomic E-state index is 7.13. The van der Waals surface area contributed by atoms with Crippen LogP contribution in [0, 0.1) is 0 Å². The molecular weight excluding hydrogens is 427 g/mol. The van der Waals surface area contributed by atoms with E-state index in [1.807, 2.05) is 24.3 Å². The number of aromatic nitrogens is 8. The van der Waals surface area contributed by atoms with E-state index in [2.05, 4.69) is 65.2 Å². The van der Waals surface area contributed by atoms with Crippen molar-refractivity contribution in [3.8, 4) is 0 Å². The Balaban J connectivity index is -0.000000258. The molecule has 13 heteroatoms. The Kier molecular flexibility index (Phi) is 32.8. The average Bonchev–Trinajstić information content (AvgIpc) is 3.53. The van der Waals surface area contributed by atoms with Crippen LogP contribution < -0.4 is 0 Å². The maximum Gasteiger partial charge on any atom is 2.00 e. The number of rotatable bonds is 0. The van der Waals surface area contributed by atoms with E-state index in [-0.39, 0.29) is 17.1 Å². The van der Waals surface area contributed by atoms with Gasteiger partial charge in [0.2, 0.25) is 0 Å². The van der Waals surface area contributed by atoms with Gasteiger partial charge < -0.3 is 10.8 Å². The van der Waals surface area contributed by atoms with Crippen LogP contribution in [-0.4, -0.2) is 51.1 Å². The Morgan fingerprint density at radius 2 is 0.741 bits per heavy atom. The van der Waals surface area contributed by atoms with Crippen molar-refractivity contribution >= 4 is 34.8 Å². The predicted molar refractivity (Wildman–Crippen MR) is 106 cm³/mol. The minimum Gasteiger partial charge on any atom is -0.753 e. The molecule has 0 bridgehead atoms. The molecule has 4 N–H and O–H groups in total. The molecule has 0 saturated heterocycles. The summed E-state index contributed by atoms with van der Waals surface area (Å²) in [6.07, 6.45) is 13.8. The normalized spacial score (nSPS) is 6.52. The fourth-order valence-electron chi connectivity index (χ4n) is 0.861. The van der Waals surface area contributed by atoms with Crippen LogP contribution in [0.3, 0.4) is 0 Å². The second kappa shape index (κ2) is 30.8. The van der Waals surface area contributed by atoms with Crippen LogP contribution in [0.25, 0.3) is 10.8 Å². The smallest absolute Gasteiger partial charge is 0.753 e. The molecule has 0 atom stereocenters. The predicted octanol–water partition coefficient (Wildman–Crippen LogP) is 2.95. The Labute approximate surface area is 177 Å². The summed E-state index contributed by atoms with van der Waals surface area (Å²) < 4.78 is 0. The number of aromatic amines is 4. The summed E-state index contributed by atoms with van der Waals surface area (Å²) in [5, 5.41) is 41.8. The van der Waals surface area contributed by atoms with Crippen LogP contribution in [0.15, 0.2) is 73.8 Å². The van der Waals surface area contributed by atoms with Crippen LogP contribution in [0.1, 0.15) is 0 Å². The van der Waals surface area contributed by atoms with Gasteiger partial charge in [0.25, 0.3) is 0 Å². The minimum atomic E-state index is 0. The molecule has 4 rings (SSSR count). The van der Waals surface area contributed by atoms with E-state index in [9.17, 15) is 0 Å². The molecule has 0 amide bonds. The second-order valence-corrected chi connectivity index (χ2v) is 3.61. The van der Waals surface area contributed by atoms with E-state index in [0.29, 0.717) is 0 Å². The van der Waals surface area contributed by atoms with Gasteiger partial charge >= 0.3 is 17.1 Å². The van der Waals surface area contributed by atoms with Gasteiger partial charge in [-0.05, 0) is 24.3 Å². The van der Waals surface area contributed by atoms with Crippen LogP contribution in [0.2, 0.25) is 0 Å². The molecule has 0 aromatic carbocycles. The summed E-state index contributed by atoms with van der Waals surface area (Å²) in [6.45, 7) is 0. The first-order valence-electron chi connectivity index (χ1n) is 6.60. The first-order valence-corrected chi connectivity index (χ1v) is 7.42. The molecule has 1 radical (unpaired) electrons. The average molecular weight is 443 g/mol. The van der Waals surface area contributed by atoms with Crippen LogP contribution in [-0.2, 0) is 17.1 Å². The van der Waals surface area contributed by atoms with E-state index >= 15 is 0 Å². The van der Waals surface area contributed by atoms with Gasteiger partial charge in [0.15, 0.2) is 0 Å². The Bertz CT molecular complexity index is 514. The van der Waals surface area contributed by atoms with Crippen molar-refractivity contribution in [3.05, 3.63) is 84.7 Å². The summed E-state index contributed by atoms with van der Waals surface area (Å²) in [5.74, 6) is 0. The van der Waals surface area contributed by atoms with Crippen LogP contribution in [0.5, 0.6) is 0 Å². The molecule has 27 heavy (non-hydrogen) atoms. The number of H-pyrrole nitrogens is 4. The van der Waals surface area contributed by atoms with Gasteiger partial charge in [0, 0.05) is 49.6 Å². The number of isothiocyanates is 2. The van der Waals surface area contributed by atoms with E-state index in [0.717, 1.165) is 0 Å². The molecule has 4 aromatic rings. The molecule has 0 aliphatic rings. The largest absolute Gasteiger partial charge is 2.00 e. The zero-order chi connectivity index (χ0) is 19.6. The van der Waals surface area contributed by atoms with Crippen molar-refractivity contribution in [1.82, 2.24) is 40.8 Å². The van der Waals surface area contributed by atoms with Gasteiger partial charge in [-0.15, -0.1) is 0 Å². The van der Waals surface area contributed by atoms with Gasteiger partial charge in [-0.3, -0.25) is 20.4 Å². The van der Waals surface area contributed by atoms with Gasteiger partial charge in [-0.2, -0.15) is 30.7 Å². The summed E-state index contributed by atoms with van der Waals surface area (Å²) in [6, 6.07) is 7.33. The third-order valence-corrected chi connectivity index (χ3v) is 1.62. The molecule has 0 fully saturated rings. The topological polar surface area (TPSA) is 159 Å². The maximum absolute atomic E-state index is 7.13. The summed E-state index contributed by atoms with van der Waals surface area (Å²) >= 11 is 7.40. The second-order valence-electron chi connectivity index (χ2n) is 3.25. The molecule has 4 heterocycles. The Morgan fingerprint density at radius 1 is 0.556 bits per heavy atom. The van der Waals surface area contributed by atoms with Gasteiger partial charge in [-0.1, -0.05) is 24.4 Å².